The van der Waals surface area contributed by atoms with Crippen LogP contribution in [0.1, 0.15) is 10.6 Å². The summed E-state index contributed by atoms with van der Waals surface area (Å²) >= 11 is 1.41. The third kappa shape index (κ3) is 5.17. The van der Waals surface area contributed by atoms with Gasteiger partial charge < -0.3 is 14.4 Å². The second-order valence-corrected chi connectivity index (χ2v) is 7.03. The highest BCUT2D eigenvalue weighted by atomic mass is 32.1. The molecule has 28 heavy (non-hydrogen) atoms. The number of likely N-dealkylation sites (N-methyl/N-ethyl adjacent to an activating group) is 1. The maximum atomic E-state index is 12.2. The SMILES string of the molecule is COc1ccc2cc(CN(C)C(=O)COC(=O)C=Cc3nccs3)ccc2c1. The van der Waals surface area contributed by atoms with Gasteiger partial charge in [0.25, 0.3) is 5.91 Å². The van der Waals surface area contributed by atoms with Gasteiger partial charge in [0.05, 0.1) is 7.11 Å². The number of hydrogen-bond acceptors (Lipinski definition) is 6. The molecule has 0 atom stereocenters. The summed E-state index contributed by atoms with van der Waals surface area (Å²) < 4.78 is 10.2. The Kier molecular flexibility index (Phi) is 6.39. The van der Waals surface area contributed by atoms with E-state index < -0.39 is 5.97 Å². The van der Waals surface area contributed by atoms with Crippen LogP contribution in [0.4, 0.5) is 0 Å². The molecule has 0 N–H and O–H groups in total. The van der Waals surface area contributed by atoms with E-state index in [-0.39, 0.29) is 12.5 Å². The first kappa shape index (κ1) is 19.6. The van der Waals surface area contributed by atoms with Gasteiger partial charge in [0, 0.05) is 31.2 Å². The number of rotatable bonds is 7. The van der Waals surface area contributed by atoms with Gasteiger partial charge in [-0.2, -0.15) is 0 Å². The van der Waals surface area contributed by atoms with Gasteiger partial charge in [-0.3, -0.25) is 4.79 Å². The van der Waals surface area contributed by atoms with Crippen molar-refractivity contribution < 1.29 is 19.1 Å². The second kappa shape index (κ2) is 9.14. The monoisotopic (exact) mass is 396 g/mol. The molecule has 1 heterocycles. The van der Waals surface area contributed by atoms with Crippen LogP contribution in [-0.4, -0.2) is 42.5 Å². The zero-order chi connectivity index (χ0) is 19.9. The zero-order valence-electron chi connectivity index (χ0n) is 15.6. The number of aromatic nitrogens is 1. The zero-order valence-corrected chi connectivity index (χ0v) is 16.4. The van der Waals surface area contributed by atoms with Crippen molar-refractivity contribution in [3.05, 3.63) is 64.6 Å². The van der Waals surface area contributed by atoms with Gasteiger partial charge in [-0.05, 0) is 40.6 Å². The summed E-state index contributed by atoms with van der Waals surface area (Å²) in [6, 6.07) is 11.8. The number of fused-ring (bicyclic) bond motifs is 1. The van der Waals surface area contributed by atoms with E-state index in [4.69, 9.17) is 9.47 Å². The average Bonchev–Trinajstić information content (AvgIpc) is 3.23. The van der Waals surface area contributed by atoms with Crippen LogP contribution in [-0.2, 0) is 20.9 Å². The molecule has 1 aromatic heterocycles. The highest BCUT2D eigenvalue weighted by Gasteiger charge is 2.12. The Hall–Kier alpha value is -3.19. The van der Waals surface area contributed by atoms with Gasteiger partial charge in [-0.1, -0.05) is 18.2 Å². The highest BCUT2D eigenvalue weighted by Crippen LogP contribution is 2.22. The third-order valence-electron chi connectivity index (χ3n) is 4.11. The van der Waals surface area contributed by atoms with Crippen molar-refractivity contribution in [3.8, 4) is 5.75 Å². The number of hydrogen-bond donors (Lipinski definition) is 0. The minimum absolute atomic E-state index is 0.272. The van der Waals surface area contributed by atoms with Gasteiger partial charge in [-0.15, -0.1) is 11.3 Å². The maximum absolute atomic E-state index is 12.2. The number of nitrogens with zero attached hydrogens (tertiary/aromatic N) is 2. The van der Waals surface area contributed by atoms with Gasteiger partial charge in [0.1, 0.15) is 10.8 Å². The van der Waals surface area contributed by atoms with E-state index in [0.29, 0.717) is 11.6 Å². The fraction of sp³-hybridized carbons (Fsp3) is 0.190. The molecule has 0 aliphatic rings. The normalized spacial score (nSPS) is 10.9. The van der Waals surface area contributed by atoms with E-state index in [9.17, 15) is 9.59 Å². The largest absolute Gasteiger partial charge is 0.497 e. The summed E-state index contributed by atoms with van der Waals surface area (Å²) in [5, 5.41) is 4.65. The molecule has 6 nitrogen and oxygen atoms in total. The number of thiazole rings is 1. The Balaban J connectivity index is 1.53. The second-order valence-electron chi connectivity index (χ2n) is 6.11. The number of esters is 1. The predicted molar refractivity (Wildman–Crippen MR) is 109 cm³/mol. The number of carbonyl (C=O) groups excluding carboxylic acids is 2. The fourth-order valence-electron chi connectivity index (χ4n) is 2.61. The summed E-state index contributed by atoms with van der Waals surface area (Å²) in [4.78, 5) is 29.5. The molecule has 2 aromatic carbocycles. The molecule has 0 bridgehead atoms. The van der Waals surface area contributed by atoms with Crippen molar-refractivity contribution in [1.82, 2.24) is 9.88 Å². The molecule has 0 saturated carbocycles. The van der Waals surface area contributed by atoms with E-state index in [1.54, 1.807) is 26.4 Å². The maximum Gasteiger partial charge on any atom is 0.331 e. The summed E-state index contributed by atoms with van der Waals surface area (Å²) in [5.74, 6) is -0.0410. The lowest BCUT2D eigenvalue weighted by Crippen LogP contribution is -2.30. The third-order valence-corrected chi connectivity index (χ3v) is 4.85. The van der Waals surface area contributed by atoms with E-state index in [0.717, 1.165) is 22.1 Å². The van der Waals surface area contributed by atoms with Crippen LogP contribution >= 0.6 is 11.3 Å². The molecule has 3 rings (SSSR count). The minimum atomic E-state index is -0.573. The van der Waals surface area contributed by atoms with Crippen LogP contribution in [0.25, 0.3) is 16.8 Å². The van der Waals surface area contributed by atoms with Gasteiger partial charge >= 0.3 is 5.97 Å². The number of carbonyl (C=O) groups is 2. The number of amides is 1. The van der Waals surface area contributed by atoms with Crippen molar-refractivity contribution in [1.29, 1.82) is 0 Å². The van der Waals surface area contributed by atoms with E-state index in [2.05, 4.69) is 4.98 Å². The van der Waals surface area contributed by atoms with Crippen molar-refractivity contribution in [2.24, 2.45) is 0 Å². The van der Waals surface area contributed by atoms with Crippen molar-refractivity contribution in [3.63, 3.8) is 0 Å². The smallest absolute Gasteiger partial charge is 0.331 e. The standard InChI is InChI=1S/C21H20N2O4S/c1-23(20(24)14-27-21(25)8-7-19-22-9-10-28-19)13-15-3-4-17-12-18(26-2)6-5-16(17)11-15/h3-12H,13-14H2,1-2H3. The quantitative estimate of drug-likeness (QED) is 0.451. The molecule has 7 heteroatoms. The van der Waals surface area contributed by atoms with Crippen LogP contribution in [0.3, 0.4) is 0 Å². The summed E-state index contributed by atoms with van der Waals surface area (Å²) in [6.07, 6.45) is 4.48. The molecule has 144 valence electrons. The molecule has 0 aliphatic carbocycles. The van der Waals surface area contributed by atoms with Crippen LogP contribution in [0.5, 0.6) is 5.75 Å². The summed E-state index contributed by atoms with van der Waals surface area (Å²) in [5.41, 5.74) is 0.989. The first-order valence-corrected chi connectivity index (χ1v) is 9.48. The van der Waals surface area contributed by atoms with Gasteiger partial charge in [0.2, 0.25) is 0 Å². The molecule has 0 radical (unpaired) electrons. The van der Waals surface area contributed by atoms with Crippen molar-refractivity contribution in [2.45, 2.75) is 6.54 Å². The summed E-state index contributed by atoms with van der Waals surface area (Å²) in [7, 11) is 3.32. The lowest BCUT2D eigenvalue weighted by atomic mass is 10.1. The summed E-state index contributed by atoms with van der Waals surface area (Å²) in [6.45, 7) is 0.121. The van der Waals surface area contributed by atoms with Crippen LogP contribution < -0.4 is 4.74 Å². The molecule has 0 unspecified atom stereocenters. The molecular formula is C21H20N2O4S. The predicted octanol–water partition coefficient (Wildman–Crippen LogP) is 3.52. The Morgan fingerprint density at radius 2 is 1.96 bits per heavy atom. The van der Waals surface area contributed by atoms with Gasteiger partial charge in [-0.25, -0.2) is 9.78 Å². The average molecular weight is 396 g/mol. The topological polar surface area (TPSA) is 68.7 Å². The fourth-order valence-corrected chi connectivity index (χ4v) is 3.14. The van der Waals surface area contributed by atoms with Crippen molar-refractivity contribution in [2.75, 3.05) is 20.8 Å². The molecular weight excluding hydrogens is 376 g/mol. The molecule has 3 aromatic rings. The number of ether oxygens (including phenoxy) is 2. The highest BCUT2D eigenvalue weighted by molar-refractivity contribution is 7.10. The Morgan fingerprint density at radius 3 is 2.71 bits per heavy atom. The first-order valence-electron chi connectivity index (χ1n) is 8.60. The molecule has 0 fully saturated rings. The van der Waals surface area contributed by atoms with Crippen LogP contribution in [0, 0.1) is 0 Å². The van der Waals surface area contributed by atoms with E-state index in [1.165, 1.54) is 22.3 Å². The Morgan fingerprint density at radius 1 is 1.18 bits per heavy atom. The number of benzene rings is 2. The molecule has 1 amide bonds. The van der Waals surface area contributed by atoms with Crippen LogP contribution in [0.15, 0.2) is 54.1 Å². The molecule has 0 aliphatic heterocycles. The Labute approximate surface area is 167 Å². The molecule has 0 saturated heterocycles. The van der Waals surface area contributed by atoms with Crippen molar-refractivity contribution >= 4 is 40.1 Å². The van der Waals surface area contributed by atoms with E-state index in [1.807, 2.05) is 41.8 Å². The van der Waals surface area contributed by atoms with Crippen LogP contribution in [0.2, 0.25) is 0 Å². The van der Waals surface area contributed by atoms with E-state index >= 15 is 0 Å². The number of methoxy groups -OCH3 is 1. The Bertz CT molecular complexity index is 999. The molecule has 0 spiro atoms. The lowest BCUT2D eigenvalue weighted by Gasteiger charge is -2.17. The lowest BCUT2D eigenvalue weighted by molar-refractivity contribution is -0.147. The van der Waals surface area contributed by atoms with Gasteiger partial charge in [0.15, 0.2) is 6.61 Å². The first-order chi connectivity index (χ1) is 13.5. The minimum Gasteiger partial charge on any atom is -0.497 e.